The minimum atomic E-state index is -0.118. The molecule has 8 heteroatoms. The molecule has 0 bridgehead atoms. The summed E-state index contributed by atoms with van der Waals surface area (Å²) in [6.45, 7) is 5.56. The van der Waals surface area contributed by atoms with Crippen LogP contribution in [0.1, 0.15) is 26.2 Å². The number of likely N-dealkylation sites (tertiary alicyclic amines) is 1. The van der Waals surface area contributed by atoms with Crippen LogP contribution in [-0.4, -0.2) is 67.2 Å². The minimum absolute atomic E-state index is 0.0263. The number of amides is 3. The average molecular weight is 361 g/mol. The standard InChI is InChI=1S/C18H27N5O3/c1-14(24)19-8-9-21-18(25)23-12-6-15(13-23)26-16-5-4-7-20-17(16)22-10-2-3-11-22/h4-5,7,15H,2-3,6,8-13H2,1H3,(H,19,24)(H,21,25)/t15-/m0/s1. The molecule has 3 amide bonds. The zero-order valence-electron chi connectivity index (χ0n) is 15.2. The molecule has 0 unspecified atom stereocenters. The third-order valence-corrected chi connectivity index (χ3v) is 4.66. The van der Waals surface area contributed by atoms with Crippen LogP contribution in [-0.2, 0) is 4.79 Å². The summed E-state index contributed by atoms with van der Waals surface area (Å²) in [6, 6.07) is 3.72. The summed E-state index contributed by atoms with van der Waals surface area (Å²) < 4.78 is 6.17. The van der Waals surface area contributed by atoms with Crippen molar-refractivity contribution in [3.8, 4) is 5.75 Å². The molecule has 2 aliphatic heterocycles. The lowest BCUT2D eigenvalue weighted by Gasteiger charge is -2.22. The van der Waals surface area contributed by atoms with Gasteiger partial charge < -0.3 is 25.2 Å². The van der Waals surface area contributed by atoms with E-state index in [1.807, 2.05) is 12.1 Å². The Morgan fingerprint density at radius 3 is 2.77 bits per heavy atom. The van der Waals surface area contributed by atoms with Crippen molar-refractivity contribution >= 4 is 17.8 Å². The summed E-state index contributed by atoms with van der Waals surface area (Å²) in [7, 11) is 0. The predicted molar refractivity (Wildman–Crippen MR) is 98.4 cm³/mol. The van der Waals surface area contributed by atoms with E-state index in [4.69, 9.17) is 4.74 Å². The van der Waals surface area contributed by atoms with E-state index in [1.54, 1.807) is 11.1 Å². The fourth-order valence-corrected chi connectivity index (χ4v) is 3.35. The third kappa shape index (κ3) is 4.77. The van der Waals surface area contributed by atoms with Crippen LogP contribution < -0.4 is 20.3 Å². The van der Waals surface area contributed by atoms with Gasteiger partial charge in [0.2, 0.25) is 5.91 Å². The molecule has 0 radical (unpaired) electrons. The number of hydrogen-bond donors (Lipinski definition) is 2. The van der Waals surface area contributed by atoms with Gasteiger partial charge in [0.15, 0.2) is 11.6 Å². The van der Waals surface area contributed by atoms with Crippen molar-refractivity contribution in [1.29, 1.82) is 0 Å². The second kappa shape index (κ2) is 8.73. The molecule has 1 atom stereocenters. The number of anilines is 1. The highest BCUT2D eigenvalue weighted by atomic mass is 16.5. The SMILES string of the molecule is CC(=O)NCCNC(=O)N1CC[C@H](Oc2cccnc2N2CCCC2)C1. The third-order valence-electron chi connectivity index (χ3n) is 4.66. The first kappa shape index (κ1) is 18.3. The van der Waals surface area contributed by atoms with Crippen molar-refractivity contribution in [1.82, 2.24) is 20.5 Å². The van der Waals surface area contributed by atoms with Crippen LogP contribution in [0.15, 0.2) is 18.3 Å². The molecule has 2 aliphatic rings. The second-order valence-corrected chi connectivity index (χ2v) is 6.71. The highest BCUT2D eigenvalue weighted by Crippen LogP contribution is 2.30. The summed E-state index contributed by atoms with van der Waals surface area (Å²) >= 11 is 0. The van der Waals surface area contributed by atoms with Crippen molar-refractivity contribution in [3.05, 3.63) is 18.3 Å². The number of nitrogens with one attached hydrogen (secondary N) is 2. The number of nitrogens with zero attached hydrogens (tertiary/aromatic N) is 3. The Bertz CT molecular complexity index is 633. The van der Waals surface area contributed by atoms with Gasteiger partial charge in [0.25, 0.3) is 0 Å². The van der Waals surface area contributed by atoms with E-state index in [1.165, 1.54) is 19.8 Å². The first-order valence-corrected chi connectivity index (χ1v) is 9.27. The Kier molecular flexibility index (Phi) is 6.14. The molecule has 8 nitrogen and oxygen atoms in total. The number of rotatable bonds is 6. The van der Waals surface area contributed by atoms with Gasteiger partial charge in [-0.2, -0.15) is 0 Å². The molecule has 2 N–H and O–H groups in total. The van der Waals surface area contributed by atoms with Gasteiger partial charge in [-0.1, -0.05) is 0 Å². The van der Waals surface area contributed by atoms with E-state index < -0.39 is 0 Å². The quantitative estimate of drug-likeness (QED) is 0.738. The summed E-state index contributed by atoms with van der Waals surface area (Å²) in [5.41, 5.74) is 0. The molecule has 1 aromatic heterocycles. The van der Waals surface area contributed by atoms with Gasteiger partial charge in [-0.05, 0) is 25.0 Å². The lowest BCUT2D eigenvalue weighted by Crippen LogP contribution is -2.42. The molecule has 26 heavy (non-hydrogen) atoms. The van der Waals surface area contributed by atoms with Crippen LogP contribution in [0.25, 0.3) is 0 Å². The van der Waals surface area contributed by atoms with Crippen LogP contribution in [0.4, 0.5) is 10.6 Å². The van der Waals surface area contributed by atoms with Gasteiger partial charge in [-0.25, -0.2) is 9.78 Å². The summed E-state index contributed by atoms with van der Waals surface area (Å²) in [5, 5.41) is 5.47. The smallest absolute Gasteiger partial charge is 0.317 e. The largest absolute Gasteiger partial charge is 0.485 e. The fraction of sp³-hybridized carbons (Fsp3) is 0.611. The first-order valence-electron chi connectivity index (χ1n) is 9.27. The van der Waals surface area contributed by atoms with Crippen molar-refractivity contribution in [3.63, 3.8) is 0 Å². The van der Waals surface area contributed by atoms with Crippen molar-refractivity contribution in [2.45, 2.75) is 32.3 Å². The van der Waals surface area contributed by atoms with Gasteiger partial charge in [-0.3, -0.25) is 4.79 Å². The normalized spacial score (nSPS) is 19.5. The van der Waals surface area contributed by atoms with E-state index in [9.17, 15) is 9.59 Å². The topological polar surface area (TPSA) is 86.8 Å². The van der Waals surface area contributed by atoms with Gasteiger partial charge in [0, 0.05) is 52.3 Å². The number of pyridine rings is 1. The van der Waals surface area contributed by atoms with Gasteiger partial charge in [0.1, 0.15) is 6.10 Å². The van der Waals surface area contributed by atoms with Crippen LogP contribution in [0, 0.1) is 0 Å². The molecule has 1 aromatic rings. The Labute approximate surface area is 153 Å². The Balaban J connectivity index is 1.49. The molecule has 0 aromatic carbocycles. The van der Waals surface area contributed by atoms with Crippen molar-refractivity contribution in [2.24, 2.45) is 0 Å². The Hall–Kier alpha value is -2.51. The molecule has 0 spiro atoms. The molecular formula is C18H27N5O3. The Morgan fingerprint density at radius 2 is 2.00 bits per heavy atom. The van der Waals surface area contributed by atoms with Crippen LogP contribution >= 0.6 is 0 Å². The number of carbonyl (C=O) groups excluding carboxylic acids is 2. The molecule has 142 valence electrons. The van der Waals surface area contributed by atoms with Gasteiger partial charge >= 0.3 is 6.03 Å². The number of aromatic nitrogens is 1. The van der Waals surface area contributed by atoms with Crippen LogP contribution in [0.2, 0.25) is 0 Å². The molecule has 3 heterocycles. The second-order valence-electron chi connectivity index (χ2n) is 6.71. The first-order chi connectivity index (χ1) is 12.6. The zero-order chi connectivity index (χ0) is 18.4. The van der Waals surface area contributed by atoms with E-state index >= 15 is 0 Å². The number of carbonyl (C=O) groups is 2. The van der Waals surface area contributed by atoms with E-state index in [2.05, 4.69) is 20.5 Å². The lowest BCUT2D eigenvalue weighted by molar-refractivity contribution is -0.118. The van der Waals surface area contributed by atoms with Crippen molar-refractivity contribution < 1.29 is 14.3 Å². The van der Waals surface area contributed by atoms with Crippen LogP contribution in [0.5, 0.6) is 5.75 Å². The van der Waals surface area contributed by atoms with Gasteiger partial charge in [0.05, 0.1) is 6.54 Å². The maximum atomic E-state index is 12.2. The molecule has 0 saturated carbocycles. The maximum Gasteiger partial charge on any atom is 0.317 e. The Morgan fingerprint density at radius 1 is 1.23 bits per heavy atom. The number of hydrogen-bond acceptors (Lipinski definition) is 5. The molecule has 2 fully saturated rings. The highest BCUT2D eigenvalue weighted by molar-refractivity contribution is 5.75. The summed E-state index contributed by atoms with van der Waals surface area (Å²) in [5.74, 6) is 1.61. The molecule has 2 saturated heterocycles. The molecular weight excluding hydrogens is 334 g/mol. The minimum Gasteiger partial charge on any atom is -0.485 e. The lowest BCUT2D eigenvalue weighted by atomic mass is 10.3. The van der Waals surface area contributed by atoms with Crippen molar-refractivity contribution in [2.75, 3.05) is 44.2 Å². The maximum absolute atomic E-state index is 12.2. The number of ether oxygens (including phenoxy) is 1. The molecule has 3 rings (SSSR count). The number of urea groups is 1. The van der Waals surface area contributed by atoms with Gasteiger partial charge in [-0.15, -0.1) is 0 Å². The predicted octanol–water partition coefficient (Wildman–Crippen LogP) is 0.981. The van der Waals surface area contributed by atoms with E-state index in [-0.39, 0.29) is 18.0 Å². The zero-order valence-corrected chi connectivity index (χ0v) is 15.2. The molecule has 0 aliphatic carbocycles. The fourth-order valence-electron chi connectivity index (χ4n) is 3.35. The average Bonchev–Trinajstić information content (AvgIpc) is 3.31. The van der Waals surface area contributed by atoms with Crippen LogP contribution in [0.3, 0.4) is 0 Å². The summed E-state index contributed by atoms with van der Waals surface area (Å²) in [4.78, 5) is 31.5. The highest BCUT2D eigenvalue weighted by Gasteiger charge is 2.29. The monoisotopic (exact) mass is 361 g/mol. The van der Waals surface area contributed by atoms with E-state index in [0.29, 0.717) is 26.2 Å². The summed E-state index contributed by atoms with van der Waals surface area (Å²) in [6.07, 6.45) is 4.94. The van der Waals surface area contributed by atoms with E-state index in [0.717, 1.165) is 31.1 Å².